The van der Waals surface area contributed by atoms with E-state index < -0.39 is 8.61 Å². The van der Waals surface area contributed by atoms with Gasteiger partial charge in [-0.05, 0) is 0 Å². The maximum Gasteiger partial charge on any atom is 0.155 e. The molecule has 9 heteroatoms. The smallest absolute Gasteiger partial charge is 0.0758 e. The van der Waals surface area contributed by atoms with Gasteiger partial charge in [0.15, 0.2) is 4.29 Å². The minimum absolute atomic E-state index is 0.557. The van der Waals surface area contributed by atoms with Crippen LogP contribution in [0.4, 0.5) is 0 Å². The van der Waals surface area contributed by atoms with Gasteiger partial charge in [0.2, 0.25) is 0 Å². The van der Waals surface area contributed by atoms with Crippen LogP contribution >= 0.6 is 143 Å². The average Bonchev–Trinajstić information content (AvgIpc) is 1.80. The lowest BCUT2D eigenvalue weighted by Crippen LogP contribution is -2.48. The lowest BCUT2D eigenvalue weighted by atomic mass is 10.3. The van der Waals surface area contributed by atoms with Crippen molar-refractivity contribution in [3.63, 3.8) is 0 Å². The molecule has 0 saturated carbocycles. The zero-order valence-electron chi connectivity index (χ0n) is 5.40. The standard InChI is InChI=1S/C4Br9/c5-1(6)2(7,3(8,9)10)4(11,12)13. The molecular weight excluding hydrogens is 767 g/mol. The molecule has 0 bridgehead atoms. The summed E-state index contributed by atoms with van der Waals surface area (Å²) in [4.78, 5) is 0. The summed E-state index contributed by atoms with van der Waals surface area (Å²) < 4.78 is -0.881. The second-order valence-corrected chi connectivity index (χ2v) is 19.3. The van der Waals surface area contributed by atoms with E-state index >= 15 is 0 Å². The van der Waals surface area contributed by atoms with Crippen LogP contribution < -0.4 is 0 Å². The highest BCUT2D eigenvalue weighted by atomic mass is 80.0. The number of alkyl halides is 7. The third kappa shape index (κ3) is 4.17. The van der Waals surface area contributed by atoms with Crippen LogP contribution in [0.1, 0.15) is 0 Å². The minimum atomic E-state index is -0.563. The van der Waals surface area contributed by atoms with Crippen LogP contribution in [-0.4, -0.2) is 8.61 Å². The molecule has 0 heterocycles. The normalized spacial score (nSPS) is 15.2. The molecule has 0 aliphatic heterocycles. The molecule has 0 aromatic heterocycles. The number of hydrogen-bond acceptors (Lipinski definition) is 0. The third-order valence-electron chi connectivity index (χ3n) is 1.04. The van der Waals surface area contributed by atoms with E-state index in [1.807, 2.05) is 0 Å². The van der Waals surface area contributed by atoms with Crippen molar-refractivity contribution in [1.82, 2.24) is 0 Å². The van der Waals surface area contributed by atoms with Gasteiger partial charge in [0.05, 0.1) is 0 Å². The Morgan fingerprint density at radius 3 is 0.846 bits per heavy atom. The Balaban J connectivity index is 5.22. The summed E-state index contributed by atoms with van der Waals surface area (Å²) in [5.74, 6) is 0. The molecule has 0 aromatic carbocycles. The lowest BCUT2D eigenvalue weighted by molar-refractivity contribution is 0.835. The SMILES string of the molecule is Br[C](Br)C(Br)(C(Br)(Br)Br)C(Br)(Br)Br. The molecule has 0 nitrogen and oxygen atoms in total. The zero-order valence-corrected chi connectivity index (χ0v) is 19.7. The summed E-state index contributed by atoms with van der Waals surface area (Å²) >= 11 is 31.0. The van der Waals surface area contributed by atoms with E-state index in [1.165, 1.54) is 0 Å². The molecule has 0 atom stereocenters. The summed E-state index contributed by atoms with van der Waals surface area (Å²) in [5, 5.41) is 0. The molecule has 0 amide bonds. The van der Waals surface area contributed by atoms with Crippen molar-refractivity contribution in [3.8, 4) is 0 Å². The van der Waals surface area contributed by atoms with Crippen molar-refractivity contribution in [2.45, 2.75) is 8.61 Å². The Morgan fingerprint density at radius 2 is 0.846 bits per heavy atom. The zero-order chi connectivity index (χ0) is 11.1. The fourth-order valence-electron chi connectivity index (χ4n) is 0.375. The highest BCUT2D eigenvalue weighted by molar-refractivity contribution is 9.42. The van der Waals surface area contributed by atoms with E-state index in [0.717, 1.165) is 3.74 Å². The van der Waals surface area contributed by atoms with Crippen LogP contribution in [-0.2, 0) is 0 Å². The Bertz CT molecular complexity index is 159. The van der Waals surface area contributed by atoms with Gasteiger partial charge < -0.3 is 0 Å². The molecule has 1 radical (unpaired) electrons. The summed E-state index contributed by atoms with van der Waals surface area (Å²) in [6.45, 7) is 0. The van der Waals surface area contributed by atoms with Gasteiger partial charge in [-0.1, -0.05) is 143 Å². The van der Waals surface area contributed by atoms with Crippen molar-refractivity contribution in [2.24, 2.45) is 0 Å². The van der Waals surface area contributed by atoms with Gasteiger partial charge in [-0.3, -0.25) is 0 Å². The summed E-state index contributed by atoms with van der Waals surface area (Å²) in [6.07, 6.45) is 0. The third-order valence-corrected chi connectivity index (χ3v) is 11.6. The first-order valence-electron chi connectivity index (χ1n) is 2.45. The molecule has 0 unspecified atom stereocenters. The molecule has 0 rings (SSSR count). The van der Waals surface area contributed by atoms with Crippen molar-refractivity contribution >= 4 is 143 Å². The van der Waals surface area contributed by atoms with Gasteiger partial charge in [0, 0.05) is 0 Å². The number of hydrogen-bond donors (Lipinski definition) is 0. The molecular formula is C4Br9. The Kier molecular flexibility index (Phi) is 7.96. The molecule has 79 valence electrons. The summed E-state index contributed by atoms with van der Waals surface area (Å²) in [5.41, 5.74) is 0. The van der Waals surface area contributed by atoms with E-state index in [1.54, 1.807) is 0 Å². The monoisotopic (exact) mass is 758 g/mol. The number of rotatable bonds is 1. The van der Waals surface area contributed by atoms with Crippen LogP contribution in [0.3, 0.4) is 0 Å². The molecule has 13 heavy (non-hydrogen) atoms. The number of halogens is 9. The molecule has 0 spiro atoms. The van der Waals surface area contributed by atoms with Gasteiger partial charge in [0.1, 0.15) is 8.06 Å². The lowest BCUT2D eigenvalue weighted by Gasteiger charge is -2.42. The van der Waals surface area contributed by atoms with Crippen molar-refractivity contribution < 1.29 is 0 Å². The van der Waals surface area contributed by atoms with Crippen LogP contribution in [0.25, 0.3) is 0 Å². The fourth-order valence-corrected chi connectivity index (χ4v) is 10.1. The quantitative estimate of drug-likeness (QED) is 0.251. The topological polar surface area (TPSA) is 0 Å². The Labute approximate surface area is 153 Å². The summed E-state index contributed by atoms with van der Waals surface area (Å²) in [6, 6.07) is 0. The molecule has 0 aromatic rings. The average molecular weight is 767 g/mol. The molecule has 0 N–H and O–H groups in total. The van der Waals surface area contributed by atoms with Crippen molar-refractivity contribution in [3.05, 3.63) is 3.74 Å². The van der Waals surface area contributed by atoms with E-state index in [0.29, 0.717) is 0 Å². The van der Waals surface area contributed by atoms with Gasteiger partial charge in [-0.2, -0.15) is 0 Å². The van der Waals surface area contributed by atoms with Gasteiger partial charge in [-0.25, -0.2) is 0 Å². The second kappa shape index (κ2) is 5.97. The van der Waals surface area contributed by atoms with E-state index in [9.17, 15) is 0 Å². The highest BCUT2D eigenvalue weighted by Crippen LogP contribution is 2.67. The van der Waals surface area contributed by atoms with E-state index in [2.05, 4.69) is 143 Å². The van der Waals surface area contributed by atoms with Crippen LogP contribution in [0, 0.1) is 3.74 Å². The Morgan fingerprint density at radius 1 is 0.615 bits per heavy atom. The molecule has 0 fully saturated rings. The van der Waals surface area contributed by atoms with E-state index in [-0.39, 0.29) is 0 Å². The fraction of sp³-hybridized carbons (Fsp3) is 0.750. The highest BCUT2D eigenvalue weighted by Gasteiger charge is 2.61. The Hall–Kier alpha value is 4.32. The van der Waals surface area contributed by atoms with Crippen molar-refractivity contribution in [2.75, 3.05) is 0 Å². The molecule has 0 saturated heterocycles. The minimum Gasteiger partial charge on any atom is -0.0758 e. The maximum atomic E-state index is 3.58. The van der Waals surface area contributed by atoms with Crippen LogP contribution in [0.5, 0.6) is 0 Å². The largest absolute Gasteiger partial charge is 0.155 e. The molecule has 0 aliphatic rings. The first-order chi connectivity index (χ1) is 5.44. The van der Waals surface area contributed by atoms with Gasteiger partial charge in [0.25, 0.3) is 0 Å². The second-order valence-electron chi connectivity index (χ2n) is 1.91. The first kappa shape index (κ1) is 17.3. The summed E-state index contributed by atoms with van der Waals surface area (Å²) in [7, 11) is 0. The van der Waals surface area contributed by atoms with Gasteiger partial charge >= 0.3 is 0 Å². The van der Waals surface area contributed by atoms with Crippen molar-refractivity contribution in [1.29, 1.82) is 0 Å². The van der Waals surface area contributed by atoms with Crippen LogP contribution in [0.2, 0.25) is 0 Å². The molecule has 0 aliphatic carbocycles. The maximum absolute atomic E-state index is 3.58. The predicted molar refractivity (Wildman–Crippen MR) is 91.8 cm³/mol. The predicted octanol–water partition coefficient (Wildman–Crippen LogP) is 7.08. The van der Waals surface area contributed by atoms with Crippen LogP contribution in [0.15, 0.2) is 0 Å². The van der Waals surface area contributed by atoms with E-state index in [4.69, 9.17) is 0 Å². The van der Waals surface area contributed by atoms with Gasteiger partial charge in [-0.15, -0.1) is 0 Å². The first-order valence-corrected chi connectivity index (χ1v) is 9.59.